The van der Waals surface area contributed by atoms with E-state index in [1.54, 1.807) is 36.7 Å². The Morgan fingerprint density at radius 1 is 1.27 bits per heavy atom. The highest BCUT2D eigenvalue weighted by atomic mass is 35.5. The quantitative estimate of drug-likeness (QED) is 0.799. The molecule has 22 heavy (non-hydrogen) atoms. The monoisotopic (exact) mass is 318 g/mol. The molecule has 1 N–H and O–H groups in total. The zero-order valence-corrected chi connectivity index (χ0v) is 12.2. The topological polar surface area (TPSA) is 54.6 Å². The van der Waals surface area contributed by atoms with Crippen LogP contribution >= 0.6 is 11.6 Å². The van der Waals surface area contributed by atoms with Crippen LogP contribution in [-0.2, 0) is 12.8 Å². The molecule has 0 aliphatic rings. The van der Waals surface area contributed by atoms with Crippen molar-refractivity contribution in [2.24, 2.45) is 0 Å². The molecule has 0 atom stereocenters. The van der Waals surface area contributed by atoms with Gasteiger partial charge in [-0.2, -0.15) is 0 Å². The lowest BCUT2D eigenvalue weighted by Gasteiger charge is -2.10. The minimum atomic E-state index is -1.04. The number of carboxylic acids is 1. The normalized spacial score (nSPS) is 11.0. The Bertz CT molecular complexity index is 840. The number of hydrogen-bond donors (Lipinski definition) is 1. The van der Waals surface area contributed by atoms with Crippen molar-refractivity contribution in [2.75, 3.05) is 0 Å². The van der Waals surface area contributed by atoms with Crippen LogP contribution in [0.4, 0.5) is 4.39 Å². The molecule has 0 saturated heterocycles. The molecule has 0 saturated carbocycles. The summed E-state index contributed by atoms with van der Waals surface area (Å²) < 4.78 is 15.3. The van der Waals surface area contributed by atoms with Crippen LogP contribution in [0.15, 0.2) is 42.7 Å². The summed E-state index contributed by atoms with van der Waals surface area (Å²) in [5.74, 6) is -1.42. The van der Waals surface area contributed by atoms with Gasteiger partial charge >= 0.3 is 5.97 Å². The standard InChI is InChI=1S/C16H12ClFN2O2/c17-12-2-1-3-13(18)11(12)6-4-10-5-7-14-19-8-9-20(14)15(10)16(21)22/h1-3,5,7-9H,4,6H2,(H,21,22). The minimum Gasteiger partial charge on any atom is -0.477 e. The average Bonchev–Trinajstić information content (AvgIpc) is 2.94. The van der Waals surface area contributed by atoms with E-state index in [4.69, 9.17) is 11.6 Å². The fourth-order valence-electron chi connectivity index (χ4n) is 2.51. The molecule has 0 aliphatic heterocycles. The van der Waals surface area contributed by atoms with Crippen LogP contribution in [-0.4, -0.2) is 20.5 Å². The first-order valence-corrected chi connectivity index (χ1v) is 7.07. The van der Waals surface area contributed by atoms with Crippen molar-refractivity contribution in [3.63, 3.8) is 0 Å². The maximum atomic E-state index is 13.8. The van der Waals surface area contributed by atoms with Crippen LogP contribution in [0.1, 0.15) is 21.6 Å². The molecule has 3 rings (SSSR count). The Morgan fingerprint density at radius 3 is 2.82 bits per heavy atom. The summed E-state index contributed by atoms with van der Waals surface area (Å²) in [7, 11) is 0. The maximum Gasteiger partial charge on any atom is 0.353 e. The molecule has 4 nitrogen and oxygen atoms in total. The number of rotatable bonds is 4. The zero-order valence-electron chi connectivity index (χ0n) is 11.5. The van der Waals surface area contributed by atoms with Gasteiger partial charge in [0.25, 0.3) is 0 Å². The van der Waals surface area contributed by atoms with Crippen molar-refractivity contribution < 1.29 is 14.3 Å². The molecular formula is C16H12ClFN2O2. The second-order valence-electron chi connectivity index (χ2n) is 4.87. The summed E-state index contributed by atoms with van der Waals surface area (Å²) in [6.45, 7) is 0. The Morgan fingerprint density at radius 2 is 2.09 bits per heavy atom. The number of aromatic carboxylic acids is 1. The number of fused-ring (bicyclic) bond motifs is 1. The van der Waals surface area contributed by atoms with Crippen LogP contribution in [0, 0.1) is 5.82 Å². The molecule has 0 spiro atoms. The van der Waals surface area contributed by atoms with Crippen LogP contribution in [0.2, 0.25) is 5.02 Å². The summed E-state index contributed by atoms with van der Waals surface area (Å²) in [6, 6.07) is 7.96. The lowest BCUT2D eigenvalue weighted by Crippen LogP contribution is -2.10. The molecular weight excluding hydrogens is 307 g/mol. The van der Waals surface area contributed by atoms with Gasteiger partial charge in [-0.25, -0.2) is 14.2 Å². The van der Waals surface area contributed by atoms with Crippen LogP contribution in [0.3, 0.4) is 0 Å². The van der Waals surface area contributed by atoms with Crippen molar-refractivity contribution in [1.29, 1.82) is 0 Å². The van der Waals surface area contributed by atoms with Crippen molar-refractivity contribution >= 4 is 23.2 Å². The van der Waals surface area contributed by atoms with Gasteiger partial charge in [0.2, 0.25) is 0 Å². The second-order valence-corrected chi connectivity index (χ2v) is 5.28. The van der Waals surface area contributed by atoms with Gasteiger partial charge in [-0.1, -0.05) is 23.7 Å². The van der Waals surface area contributed by atoms with Crippen molar-refractivity contribution in [2.45, 2.75) is 12.8 Å². The van der Waals surface area contributed by atoms with Crippen molar-refractivity contribution in [1.82, 2.24) is 9.38 Å². The fourth-order valence-corrected chi connectivity index (χ4v) is 2.77. The van der Waals surface area contributed by atoms with Gasteiger partial charge < -0.3 is 5.11 Å². The summed E-state index contributed by atoms with van der Waals surface area (Å²) >= 11 is 6.00. The van der Waals surface area contributed by atoms with Gasteiger partial charge in [0.1, 0.15) is 17.2 Å². The van der Waals surface area contributed by atoms with Gasteiger partial charge in [0.15, 0.2) is 0 Å². The van der Waals surface area contributed by atoms with Crippen LogP contribution in [0.5, 0.6) is 0 Å². The number of aryl methyl sites for hydroxylation is 1. The van der Waals surface area contributed by atoms with E-state index < -0.39 is 5.97 Å². The first-order valence-electron chi connectivity index (χ1n) is 6.69. The molecule has 112 valence electrons. The number of aromatic nitrogens is 2. The molecule has 0 amide bonds. The molecule has 0 unspecified atom stereocenters. The summed E-state index contributed by atoms with van der Waals surface area (Å²) in [4.78, 5) is 15.6. The lowest BCUT2D eigenvalue weighted by molar-refractivity contribution is 0.0687. The predicted molar refractivity (Wildman–Crippen MR) is 81.0 cm³/mol. The Kier molecular flexibility index (Phi) is 3.81. The van der Waals surface area contributed by atoms with Gasteiger partial charge in [-0.3, -0.25) is 4.40 Å². The van der Waals surface area contributed by atoms with E-state index in [9.17, 15) is 14.3 Å². The van der Waals surface area contributed by atoms with E-state index in [1.165, 1.54) is 10.5 Å². The smallest absolute Gasteiger partial charge is 0.353 e. The van der Waals surface area contributed by atoms with Gasteiger partial charge in [-0.05, 0) is 36.6 Å². The highest BCUT2D eigenvalue weighted by Crippen LogP contribution is 2.22. The van der Waals surface area contributed by atoms with E-state index in [1.807, 2.05) is 0 Å². The fraction of sp³-hybridized carbons (Fsp3) is 0.125. The van der Waals surface area contributed by atoms with Crippen LogP contribution < -0.4 is 0 Å². The SMILES string of the molecule is O=C(O)c1c(CCc2c(F)cccc2Cl)ccc2nccn12. The highest BCUT2D eigenvalue weighted by molar-refractivity contribution is 6.31. The summed E-state index contributed by atoms with van der Waals surface area (Å²) in [6.07, 6.45) is 3.83. The van der Waals surface area contributed by atoms with Gasteiger partial charge in [0, 0.05) is 23.0 Å². The predicted octanol–water partition coefficient (Wildman–Crippen LogP) is 3.61. The second kappa shape index (κ2) is 5.77. The molecule has 0 fully saturated rings. The van der Waals surface area contributed by atoms with E-state index in [0.717, 1.165) is 0 Å². The third-order valence-corrected chi connectivity index (χ3v) is 3.91. The van der Waals surface area contributed by atoms with E-state index in [0.29, 0.717) is 34.6 Å². The molecule has 3 aromatic rings. The molecule has 2 heterocycles. The molecule has 2 aromatic heterocycles. The first kappa shape index (κ1) is 14.5. The lowest BCUT2D eigenvalue weighted by atomic mass is 10.0. The maximum absolute atomic E-state index is 13.8. The first-order chi connectivity index (χ1) is 10.6. The Hall–Kier alpha value is -2.40. The minimum absolute atomic E-state index is 0.141. The largest absolute Gasteiger partial charge is 0.477 e. The molecule has 0 bridgehead atoms. The van der Waals surface area contributed by atoms with E-state index >= 15 is 0 Å². The summed E-state index contributed by atoms with van der Waals surface area (Å²) in [5.41, 5.74) is 1.70. The summed E-state index contributed by atoms with van der Waals surface area (Å²) in [5, 5.41) is 9.79. The van der Waals surface area contributed by atoms with Crippen molar-refractivity contribution in [3.05, 3.63) is 70.4 Å². The van der Waals surface area contributed by atoms with Crippen molar-refractivity contribution in [3.8, 4) is 0 Å². The number of hydrogen-bond acceptors (Lipinski definition) is 2. The molecule has 0 radical (unpaired) electrons. The molecule has 0 aliphatic carbocycles. The Balaban J connectivity index is 1.97. The van der Waals surface area contributed by atoms with Gasteiger partial charge in [-0.15, -0.1) is 0 Å². The number of pyridine rings is 1. The zero-order chi connectivity index (χ0) is 15.7. The Labute approximate surface area is 130 Å². The number of imidazole rings is 1. The molecule has 1 aromatic carbocycles. The number of halogens is 2. The van der Waals surface area contributed by atoms with E-state index in [2.05, 4.69) is 4.98 Å². The average molecular weight is 319 g/mol. The number of carbonyl (C=O) groups is 1. The highest BCUT2D eigenvalue weighted by Gasteiger charge is 2.16. The number of benzene rings is 1. The number of carboxylic acid groups (broad SMARTS) is 1. The third kappa shape index (κ3) is 2.55. The van der Waals surface area contributed by atoms with E-state index in [-0.39, 0.29) is 11.5 Å². The van der Waals surface area contributed by atoms with Crippen LogP contribution in [0.25, 0.3) is 5.65 Å². The number of nitrogens with zero attached hydrogens (tertiary/aromatic N) is 2. The third-order valence-electron chi connectivity index (χ3n) is 3.56. The molecule has 6 heteroatoms. The van der Waals surface area contributed by atoms with Gasteiger partial charge in [0.05, 0.1) is 0 Å².